The Balaban J connectivity index is 2.15. The van der Waals surface area contributed by atoms with Crippen molar-refractivity contribution in [2.75, 3.05) is 25.2 Å². The molecule has 18 heavy (non-hydrogen) atoms. The van der Waals surface area contributed by atoms with E-state index < -0.39 is 5.41 Å². The minimum atomic E-state index is -0.478. The van der Waals surface area contributed by atoms with Crippen LogP contribution in [-0.2, 0) is 14.9 Å². The standard InChI is InChI=1S/C13H17N3O2/c1-9-14-8-10-11(15-9)13(12(17)16(10)2)4-3-6-18-7-5-13/h8H,3-7H2,1-2H3. The number of rotatable bonds is 0. The van der Waals surface area contributed by atoms with Gasteiger partial charge in [-0.15, -0.1) is 0 Å². The van der Waals surface area contributed by atoms with Crippen molar-refractivity contribution in [3.8, 4) is 0 Å². The average molecular weight is 247 g/mol. The van der Waals surface area contributed by atoms with Crippen molar-refractivity contribution in [2.45, 2.75) is 31.6 Å². The molecule has 1 spiro atoms. The monoisotopic (exact) mass is 247 g/mol. The zero-order valence-electron chi connectivity index (χ0n) is 10.8. The van der Waals surface area contributed by atoms with Gasteiger partial charge in [0.15, 0.2) is 0 Å². The first-order valence-electron chi connectivity index (χ1n) is 6.35. The second-order valence-corrected chi connectivity index (χ2v) is 5.06. The molecule has 3 heterocycles. The Bertz CT molecular complexity index is 493. The van der Waals surface area contributed by atoms with Gasteiger partial charge in [-0.2, -0.15) is 0 Å². The van der Waals surface area contributed by atoms with Gasteiger partial charge in [0.2, 0.25) is 5.91 Å². The fraction of sp³-hybridized carbons (Fsp3) is 0.615. The molecule has 1 aromatic heterocycles. The highest BCUT2D eigenvalue weighted by Gasteiger charge is 2.51. The fourth-order valence-corrected chi connectivity index (χ4v) is 2.99. The number of aryl methyl sites for hydroxylation is 1. The van der Waals surface area contributed by atoms with Crippen LogP contribution in [0.15, 0.2) is 6.20 Å². The maximum atomic E-state index is 12.6. The van der Waals surface area contributed by atoms with E-state index in [0.29, 0.717) is 6.61 Å². The van der Waals surface area contributed by atoms with E-state index in [1.54, 1.807) is 18.1 Å². The van der Waals surface area contributed by atoms with Gasteiger partial charge >= 0.3 is 0 Å². The molecule has 5 nitrogen and oxygen atoms in total. The largest absolute Gasteiger partial charge is 0.381 e. The topological polar surface area (TPSA) is 55.3 Å². The summed E-state index contributed by atoms with van der Waals surface area (Å²) in [4.78, 5) is 23.0. The van der Waals surface area contributed by atoms with Crippen LogP contribution >= 0.6 is 0 Å². The Hall–Kier alpha value is -1.49. The van der Waals surface area contributed by atoms with E-state index in [4.69, 9.17) is 4.74 Å². The van der Waals surface area contributed by atoms with Gasteiger partial charge in [0.1, 0.15) is 5.82 Å². The summed E-state index contributed by atoms with van der Waals surface area (Å²) in [6.45, 7) is 3.23. The third-order valence-electron chi connectivity index (χ3n) is 3.98. The van der Waals surface area contributed by atoms with E-state index in [1.807, 2.05) is 6.92 Å². The first kappa shape index (κ1) is 11.6. The highest BCUT2D eigenvalue weighted by Crippen LogP contribution is 2.45. The van der Waals surface area contributed by atoms with Crippen LogP contribution in [0, 0.1) is 6.92 Å². The average Bonchev–Trinajstić information content (AvgIpc) is 2.57. The molecule has 1 fully saturated rings. The summed E-state index contributed by atoms with van der Waals surface area (Å²) >= 11 is 0. The Morgan fingerprint density at radius 1 is 1.39 bits per heavy atom. The van der Waals surface area contributed by atoms with Gasteiger partial charge in [0, 0.05) is 20.3 Å². The summed E-state index contributed by atoms with van der Waals surface area (Å²) in [7, 11) is 1.81. The van der Waals surface area contributed by atoms with Crippen LogP contribution < -0.4 is 4.90 Å². The molecule has 2 aliphatic heterocycles. The first-order valence-corrected chi connectivity index (χ1v) is 6.35. The molecule has 1 unspecified atom stereocenters. The Morgan fingerprint density at radius 3 is 3.06 bits per heavy atom. The molecule has 0 N–H and O–H groups in total. The van der Waals surface area contributed by atoms with Crippen LogP contribution in [0.4, 0.5) is 5.69 Å². The molecule has 0 radical (unpaired) electrons. The highest BCUT2D eigenvalue weighted by molar-refractivity contribution is 6.06. The summed E-state index contributed by atoms with van der Waals surface area (Å²) in [6.07, 6.45) is 4.21. The van der Waals surface area contributed by atoms with Crippen LogP contribution in [0.3, 0.4) is 0 Å². The predicted molar refractivity (Wildman–Crippen MR) is 66.5 cm³/mol. The predicted octanol–water partition coefficient (Wildman–Crippen LogP) is 1.20. The lowest BCUT2D eigenvalue weighted by Crippen LogP contribution is -2.39. The lowest BCUT2D eigenvalue weighted by molar-refractivity contribution is -0.123. The van der Waals surface area contributed by atoms with Crippen LogP contribution in [0.1, 0.15) is 30.8 Å². The maximum Gasteiger partial charge on any atom is 0.239 e. The number of amides is 1. The van der Waals surface area contributed by atoms with E-state index in [0.717, 1.165) is 43.1 Å². The number of carbonyl (C=O) groups is 1. The number of anilines is 1. The van der Waals surface area contributed by atoms with Crippen LogP contribution in [0.5, 0.6) is 0 Å². The molecule has 1 aromatic rings. The smallest absolute Gasteiger partial charge is 0.239 e. The Kier molecular flexibility index (Phi) is 2.59. The van der Waals surface area contributed by atoms with E-state index in [2.05, 4.69) is 9.97 Å². The lowest BCUT2D eigenvalue weighted by Gasteiger charge is -2.24. The van der Waals surface area contributed by atoms with Crippen LogP contribution in [-0.4, -0.2) is 36.1 Å². The van der Waals surface area contributed by atoms with Crippen molar-refractivity contribution in [3.63, 3.8) is 0 Å². The Labute approximate surface area is 106 Å². The number of aromatic nitrogens is 2. The summed E-state index contributed by atoms with van der Waals surface area (Å²) in [5, 5.41) is 0. The summed E-state index contributed by atoms with van der Waals surface area (Å²) in [6, 6.07) is 0. The summed E-state index contributed by atoms with van der Waals surface area (Å²) in [5.41, 5.74) is 1.27. The molecule has 3 rings (SSSR count). The molecule has 1 amide bonds. The molecule has 0 bridgehead atoms. The minimum absolute atomic E-state index is 0.142. The van der Waals surface area contributed by atoms with Crippen molar-refractivity contribution >= 4 is 11.6 Å². The fourth-order valence-electron chi connectivity index (χ4n) is 2.99. The van der Waals surface area contributed by atoms with Crippen molar-refractivity contribution in [1.29, 1.82) is 0 Å². The van der Waals surface area contributed by atoms with Gasteiger partial charge in [-0.1, -0.05) is 0 Å². The molecule has 96 valence electrons. The normalized spacial score (nSPS) is 27.4. The zero-order chi connectivity index (χ0) is 12.8. The van der Waals surface area contributed by atoms with Crippen LogP contribution in [0.2, 0.25) is 0 Å². The minimum Gasteiger partial charge on any atom is -0.381 e. The molecule has 0 aliphatic carbocycles. The molecule has 1 saturated heterocycles. The summed E-state index contributed by atoms with van der Waals surface area (Å²) < 4.78 is 5.50. The Morgan fingerprint density at radius 2 is 2.22 bits per heavy atom. The number of nitrogens with zero attached hydrogens (tertiary/aromatic N) is 3. The molecule has 0 aromatic carbocycles. The lowest BCUT2D eigenvalue weighted by atomic mass is 9.78. The van der Waals surface area contributed by atoms with E-state index in [9.17, 15) is 4.79 Å². The van der Waals surface area contributed by atoms with Gasteiger partial charge in [-0.25, -0.2) is 9.97 Å². The second-order valence-electron chi connectivity index (χ2n) is 5.06. The summed E-state index contributed by atoms with van der Waals surface area (Å²) in [5.74, 6) is 0.865. The quantitative estimate of drug-likeness (QED) is 0.691. The third-order valence-corrected chi connectivity index (χ3v) is 3.98. The zero-order valence-corrected chi connectivity index (χ0v) is 10.8. The van der Waals surface area contributed by atoms with Crippen LogP contribution in [0.25, 0.3) is 0 Å². The van der Waals surface area contributed by atoms with Crippen molar-refractivity contribution in [2.24, 2.45) is 0 Å². The van der Waals surface area contributed by atoms with Gasteiger partial charge in [0.25, 0.3) is 0 Å². The van der Waals surface area contributed by atoms with E-state index in [1.165, 1.54) is 0 Å². The van der Waals surface area contributed by atoms with Crippen molar-refractivity contribution < 1.29 is 9.53 Å². The number of ether oxygens (including phenoxy) is 1. The molecule has 2 aliphatic rings. The number of likely N-dealkylation sites (N-methyl/N-ethyl adjacent to an activating group) is 1. The van der Waals surface area contributed by atoms with Gasteiger partial charge in [0.05, 0.1) is 23.0 Å². The number of hydrogen-bond acceptors (Lipinski definition) is 4. The number of carbonyl (C=O) groups excluding carboxylic acids is 1. The molecular formula is C13H17N3O2. The van der Waals surface area contributed by atoms with Gasteiger partial charge < -0.3 is 9.64 Å². The molecule has 1 atom stereocenters. The van der Waals surface area contributed by atoms with Gasteiger partial charge in [-0.3, -0.25) is 4.79 Å². The third kappa shape index (κ3) is 1.47. The van der Waals surface area contributed by atoms with E-state index >= 15 is 0 Å². The molecule has 0 saturated carbocycles. The second kappa shape index (κ2) is 4.02. The SMILES string of the molecule is Cc1ncc2c(n1)C1(CCCOCC1)C(=O)N2C. The van der Waals surface area contributed by atoms with Gasteiger partial charge in [-0.05, 0) is 26.2 Å². The number of hydrogen-bond donors (Lipinski definition) is 0. The van der Waals surface area contributed by atoms with Crippen molar-refractivity contribution in [1.82, 2.24) is 9.97 Å². The molecule has 5 heteroatoms. The van der Waals surface area contributed by atoms with Crippen molar-refractivity contribution in [3.05, 3.63) is 17.7 Å². The van der Waals surface area contributed by atoms with E-state index in [-0.39, 0.29) is 5.91 Å². The maximum absolute atomic E-state index is 12.6. The molecular weight excluding hydrogens is 230 g/mol. The first-order chi connectivity index (χ1) is 8.65. The number of fused-ring (bicyclic) bond motifs is 2. The highest BCUT2D eigenvalue weighted by atomic mass is 16.5.